The van der Waals surface area contributed by atoms with Crippen LogP contribution in [0.15, 0.2) is 77.7 Å². The van der Waals surface area contributed by atoms with Crippen LogP contribution in [-0.2, 0) is 10.5 Å². The maximum absolute atomic E-state index is 13.9. The van der Waals surface area contributed by atoms with Crippen LogP contribution in [0.4, 0.5) is 10.1 Å². The smallest absolute Gasteiger partial charge is 0.249 e. The summed E-state index contributed by atoms with van der Waals surface area (Å²) in [5.74, 6) is -1.05. The van der Waals surface area contributed by atoms with E-state index in [1.165, 1.54) is 23.8 Å². The number of nitrogens with one attached hydrogen (secondary N) is 1. The monoisotopic (exact) mass is 434 g/mol. The zero-order valence-corrected chi connectivity index (χ0v) is 17.7. The topological polar surface area (TPSA) is 72.2 Å². The van der Waals surface area contributed by atoms with Gasteiger partial charge in [0.1, 0.15) is 5.82 Å². The average Bonchev–Trinajstić information content (AvgIpc) is 3.59. The van der Waals surface area contributed by atoms with Crippen molar-refractivity contribution in [3.63, 3.8) is 0 Å². The van der Waals surface area contributed by atoms with Crippen molar-refractivity contribution in [2.75, 3.05) is 5.32 Å². The zero-order valence-electron chi connectivity index (χ0n) is 16.9. The van der Waals surface area contributed by atoms with Gasteiger partial charge in [-0.25, -0.2) is 4.39 Å². The van der Waals surface area contributed by atoms with Gasteiger partial charge in [0.05, 0.1) is 5.92 Å². The van der Waals surface area contributed by atoms with E-state index in [-0.39, 0.29) is 17.4 Å². The Labute approximate surface area is 185 Å². The number of primary amides is 1. The first kappa shape index (κ1) is 21.1. The highest BCUT2D eigenvalue weighted by atomic mass is 32.2. The molecule has 1 aliphatic rings. The van der Waals surface area contributed by atoms with Gasteiger partial charge in [0, 0.05) is 21.9 Å². The van der Waals surface area contributed by atoms with Crippen molar-refractivity contribution in [3.8, 4) is 0 Å². The number of carbonyl (C=O) groups is 2. The Morgan fingerprint density at radius 3 is 2.39 bits per heavy atom. The Morgan fingerprint density at radius 2 is 1.74 bits per heavy atom. The molecule has 1 saturated carbocycles. The van der Waals surface area contributed by atoms with E-state index in [1.54, 1.807) is 11.8 Å². The first-order chi connectivity index (χ1) is 15.0. The van der Waals surface area contributed by atoms with E-state index >= 15 is 0 Å². The lowest BCUT2D eigenvalue weighted by molar-refractivity contribution is -0.118. The van der Waals surface area contributed by atoms with Crippen LogP contribution in [0.1, 0.15) is 40.2 Å². The molecule has 0 aromatic heterocycles. The highest BCUT2D eigenvalue weighted by molar-refractivity contribution is 7.98. The Hall–Kier alpha value is -3.12. The lowest BCUT2D eigenvalue weighted by atomic mass is 9.89. The number of halogens is 1. The molecule has 3 N–H and O–H groups in total. The molecule has 1 atom stereocenters. The summed E-state index contributed by atoms with van der Waals surface area (Å²) in [5.41, 5.74) is 7.94. The summed E-state index contributed by atoms with van der Waals surface area (Å²) >= 11 is 1.72. The molecule has 6 heteroatoms. The number of hydrogen-bond donors (Lipinski definition) is 2. The molecule has 0 radical (unpaired) electrons. The largest absolute Gasteiger partial charge is 0.366 e. The van der Waals surface area contributed by atoms with E-state index in [9.17, 15) is 14.0 Å². The van der Waals surface area contributed by atoms with Crippen molar-refractivity contribution in [2.24, 2.45) is 11.7 Å². The number of anilines is 1. The third-order valence-corrected chi connectivity index (χ3v) is 6.44. The Balaban J connectivity index is 1.46. The Kier molecular flexibility index (Phi) is 6.37. The maximum atomic E-state index is 13.9. The molecule has 0 heterocycles. The summed E-state index contributed by atoms with van der Waals surface area (Å²) in [6.45, 7) is 0. The van der Waals surface area contributed by atoms with Crippen LogP contribution in [0.3, 0.4) is 0 Å². The van der Waals surface area contributed by atoms with Crippen LogP contribution < -0.4 is 11.1 Å². The molecule has 1 fully saturated rings. The van der Waals surface area contributed by atoms with Crippen molar-refractivity contribution in [1.29, 1.82) is 0 Å². The highest BCUT2D eigenvalue weighted by Gasteiger charge is 2.39. The minimum Gasteiger partial charge on any atom is -0.366 e. The number of amides is 2. The average molecular weight is 435 g/mol. The minimum absolute atomic E-state index is 0.0839. The van der Waals surface area contributed by atoms with Crippen LogP contribution in [0.5, 0.6) is 0 Å². The van der Waals surface area contributed by atoms with Crippen molar-refractivity contribution in [1.82, 2.24) is 0 Å². The Bertz CT molecular complexity index is 1080. The van der Waals surface area contributed by atoms with Gasteiger partial charge in [-0.15, -0.1) is 11.8 Å². The second-order valence-electron chi connectivity index (χ2n) is 7.70. The van der Waals surface area contributed by atoms with E-state index in [0.717, 1.165) is 23.5 Å². The SMILES string of the molecule is NC(=O)c1ccc(F)cc1C(C(=O)Nc1ccc(SCc2ccccc2)cc1)C1CC1. The van der Waals surface area contributed by atoms with E-state index in [0.29, 0.717) is 11.3 Å². The summed E-state index contributed by atoms with van der Waals surface area (Å²) in [7, 11) is 0. The van der Waals surface area contributed by atoms with Crippen LogP contribution in [-0.4, -0.2) is 11.8 Å². The summed E-state index contributed by atoms with van der Waals surface area (Å²) in [5, 5.41) is 2.93. The van der Waals surface area contributed by atoms with Gasteiger partial charge in [0.15, 0.2) is 0 Å². The van der Waals surface area contributed by atoms with Crippen LogP contribution in [0.2, 0.25) is 0 Å². The first-order valence-electron chi connectivity index (χ1n) is 10.2. The van der Waals surface area contributed by atoms with Gasteiger partial charge in [-0.05, 0) is 72.4 Å². The molecule has 3 aromatic carbocycles. The number of hydrogen-bond acceptors (Lipinski definition) is 3. The van der Waals surface area contributed by atoms with Crippen molar-refractivity contribution >= 4 is 29.3 Å². The fourth-order valence-corrected chi connectivity index (χ4v) is 4.50. The third-order valence-electron chi connectivity index (χ3n) is 5.36. The number of benzene rings is 3. The molecule has 0 spiro atoms. The second-order valence-corrected chi connectivity index (χ2v) is 8.75. The van der Waals surface area contributed by atoms with Gasteiger partial charge in [-0.3, -0.25) is 9.59 Å². The molecule has 4 rings (SSSR count). The number of rotatable bonds is 8. The molecule has 3 aromatic rings. The van der Waals surface area contributed by atoms with Crippen molar-refractivity contribution in [3.05, 3.63) is 95.3 Å². The Morgan fingerprint density at radius 1 is 1.03 bits per heavy atom. The maximum Gasteiger partial charge on any atom is 0.249 e. The molecule has 1 unspecified atom stereocenters. The molecular formula is C25H23FN2O2S. The molecule has 4 nitrogen and oxygen atoms in total. The van der Waals surface area contributed by atoms with Crippen LogP contribution in [0, 0.1) is 11.7 Å². The molecule has 2 amide bonds. The fraction of sp³-hybridized carbons (Fsp3) is 0.200. The fourth-order valence-electron chi connectivity index (χ4n) is 3.65. The lowest BCUT2D eigenvalue weighted by Crippen LogP contribution is -2.26. The quantitative estimate of drug-likeness (QED) is 0.470. The first-order valence-corrected chi connectivity index (χ1v) is 11.2. The minimum atomic E-state index is -0.659. The third kappa shape index (κ3) is 5.33. The van der Waals surface area contributed by atoms with Crippen molar-refractivity contribution in [2.45, 2.75) is 29.4 Å². The zero-order chi connectivity index (χ0) is 21.8. The van der Waals surface area contributed by atoms with Gasteiger partial charge in [-0.2, -0.15) is 0 Å². The predicted molar refractivity (Wildman–Crippen MR) is 121 cm³/mol. The second kappa shape index (κ2) is 9.35. The molecule has 0 bridgehead atoms. The normalized spacial score (nSPS) is 14.1. The van der Waals surface area contributed by atoms with Gasteiger partial charge < -0.3 is 11.1 Å². The van der Waals surface area contributed by atoms with Crippen LogP contribution >= 0.6 is 11.8 Å². The molecule has 158 valence electrons. The van der Waals surface area contributed by atoms with Crippen molar-refractivity contribution < 1.29 is 14.0 Å². The highest BCUT2D eigenvalue weighted by Crippen LogP contribution is 2.44. The number of nitrogens with two attached hydrogens (primary N) is 1. The van der Waals surface area contributed by atoms with E-state index < -0.39 is 17.6 Å². The van der Waals surface area contributed by atoms with Gasteiger partial charge in [0.2, 0.25) is 11.8 Å². The predicted octanol–water partition coefficient (Wildman–Crippen LogP) is 5.35. The molecular weight excluding hydrogens is 411 g/mol. The number of carbonyl (C=O) groups excluding carboxylic acids is 2. The molecule has 0 aliphatic heterocycles. The van der Waals surface area contributed by atoms with E-state index in [4.69, 9.17) is 5.73 Å². The van der Waals surface area contributed by atoms with E-state index in [1.807, 2.05) is 42.5 Å². The van der Waals surface area contributed by atoms with Gasteiger partial charge in [0.25, 0.3) is 0 Å². The summed E-state index contributed by atoms with van der Waals surface area (Å²) in [6.07, 6.45) is 1.73. The van der Waals surface area contributed by atoms with Gasteiger partial charge >= 0.3 is 0 Å². The summed E-state index contributed by atoms with van der Waals surface area (Å²) < 4.78 is 13.9. The van der Waals surface area contributed by atoms with Crippen LogP contribution in [0.25, 0.3) is 0 Å². The van der Waals surface area contributed by atoms with Gasteiger partial charge in [-0.1, -0.05) is 30.3 Å². The molecule has 1 aliphatic carbocycles. The molecule has 31 heavy (non-hydrogen) atoms. The lowest BCUT2D eigenvalue weighted by Gasteiger charge is -2.19. The van der Waals surface area contributed by atoms with E-state index in [2.05, 4.69) is 17.4 Å². The summed E-state index contributed by atoms with van der Waals surface area (Å²) in [6, 6.07) is 21.7. The molecule has 0 saturated heterocycles. The summed E-state index contributed by atoms with van der Waals surface area (Å²) in [4.78, 5) is 26.0. The number of thioether (sulfide) groups is 1. The standard InChI is InChI=1S/C25H23FN2O2S/c26-18-8-13-21(24(27)29)22(14-18)23(17-6-7-17)25(30)28-19-9-11-20(12-10-19)31-15-16-4-2-1-3-5-16/h1-5,8-14,17,23H,6-7,15H2,(H2,27,29)(H,28,30).